The fraction of sp³-hybridized carbons (Fsp3) is 0.526. The monoisotopic (exact) mass is 357 g/mol. The van der Waals surface area contributed by atoms with E-state index in [0.29, 0.717) is 37.7 Å². The molecular weight excluding hydrogens is 330 g/mol. The Labute approximate surface area is 153 Å². The maximum absolute atomic E-state index is 12.5. The van der Waals surface area contributed by atoms with E-state index < -0.39 is 0 Å². The molecule has 0 bridgehead atoms. The van der Waals surface area contributed by atoms with Gasteiger partial charge in [0.25, 0.3) is 5.91 Å². The van der Waals surface area contributed by atoms with Crippen LogP contribution in [0.2, 0.25) is 0 Å². The third-order valence-corrected chi connectivity index (χ3v) is 4.81. The van der Waals surface area contributed by atoms with E-state index in [4.69, 9.17) is 0 Å². The molecule has 0 spiro atoms. The van der Waals surface area contributed by atoms with Gasteiger partial charge in [-0.3, -0.25) is 14.6 Å². The van der Waals surface area contributed by atoms with E-state index in [9.17, 15) is 9.59 Å². The van der Waals surface area contributed by atoms with E-state index in [-0.39, 0.29) is 11.8 Å². The molecule has 7 heteroatoms. The minimum Gasteiger partial charge on any atom is -0.356 e. The van der Waals surface area contributed by atoms with Gasteiger partial charge in [-0.15, -0.1) is 0 Å². The molecule has 1 aliphatic rings. The highest BCUT2D eigenvalue weighted by atomic mass is 16.2. The Morgan fingerprint density at radius 1 is 1.38 bits per heavy atom. The molecule has 2 aromatic heterocycles. The van der Waals surface area contributed by atoms with Crippen LogP contribution in [0.4, 0.5) is 0 Å². The molecule has 7 nitrogen and oxygen atoms in total. The number of nitrogens with one attached hydrogen (secondary N) is 2. The van der Waals surface area contributed by atoms with Crippen LogP contribution in [0.3, 0.4) is 0 Å². The molecule has 0 radical (unpaired) electrons. The topological polar surface area (TPSA) is 81.3 Å². The number of pyridine rings is 1. The molecule has 0 saturated carbocycles. The number of hydrogen-bond acceptors (Lipinski definition) is 4. The van der Waals surface area contributed by atoms with Gasteiger partial charge >= 0.3 is 0 Å². The summed E-state index contributed by atoms with van der Waals surface area (Å²) < 4.78 is 0. The van der Waals surface area contributed by atoms with Crippen LogP contribution in [0.1, 0.15) is 30.3 Å². The summed E-state index contributed by atoms with van der Waals surface area (Å²) in [4.78, 5) is 35.6. The highest BCUT2D eigenvalue weighted by molar-refractivity contribution is 5.98. The van der Waals surface area contributed by atoms with Crippen LogP contribution in [-0.4, -0.2) is 71.4 Å². The highest BCUT2D eigenvalue weighted by Crippen LogP contribution is 2.20. The second kappa shape index (κ2) is 8.31. The molecule has 1 aliphatic heterocycles. The van der Waals surface area contributed by atoms with Gasteiger partial charge in [-0.25, -0.2) is 0 Å². The van der Waals surface area contributed by atoms with Gasteiger partial charge in [0.2, 0.25) is 5.91 Å². The number of carbonyl (C=O) groups is 2. The SMILES string of the molecule is CCCN(C)CCC(=O)NCC1CN(C(=O)c2cc3cnccc3[nH]2)C1. The molecule has 3 heterocycles. The van der Waals surface area contributed by atoms with E-state index in [0.717, 1.165) is 30.4 Å². The lowest BCUT2D eigenvalue weighted by Crippen LogP contribution is -2.53. The van der Waals surface area contributed by atoms with Gasteiger partial charge in [-0.2, -0.15) is 0 Å². The summed E-state index contributed by atoms with van der Waals surface area (Å²) in [5.41, 5.74) is 1.51. The van der Waals surface area contributed by atoms with Gasteiger partial charge in [0.05, 0.1) is 0 Å². The standard InChI is InChI=1S/C19H27N5O2/c1-3-7-23(2)8-5-18(25)21-10-14-12-24(13-14)19(26)17-9-15-11-20-6-4-16(15)22-17/h4,6,9,11,14,22H,3,5,7-8,10,12-13H2,1-2H3,(H,21,25). The van der Waals surface area contributed by atoms with Gasteiger partial charge in [-0.1, -0.05) is 6.92 Å². The van der Waals surface area contributed by atoms with Gasteiger partial charge in [0.15, 0.2) is 0 Å². The van der Waals surface area contributed by atoms with E-state index in [1.54, 1.807) is 12.4 Å². The lowest BCUT2D eigenvalue weighted by atomic mass is 9.99. The first-order valence-corrected chi connectivity index (χ1v) is 9.24. The van der Waals surface area contributed by atoms with Gasteiger partial charge < -0.3 is 20.1 Å². The van der Waals surface area contributed by atoms with Crippen molar-refractivity contribution in [1.29, 1.82) is 0 Å². The second-order valence-corrected chi connectivity index (χ2v) is 7.08. The highest BCUT2D eigenvalue weighted by Gasteiger charge is 2.31. The summed E-state index contributed by atoms with van der Waals surface area (Å²) in [6.45, 7) is 5.93. The molecule has 0 aromatic carbocycles. The summed E-state index contributed by atoms with van der Waals surface area (Å²) in [6.07, 6.45) is 5.07. The smallest absolute Gasteiger partial charge is 0.270 e. The van der Waals surface area contributed by atoms with Crippen molar-refractivity contribution in [2.45, 2.75) is 19.8 Å². The first-order valence-electron chi connectivity index (χ1n) is 9.24. The largest absolute Gasteiger partial charge is 0.356 e. The number of fused-ring (bicyclic) bond motifs is 1. The van der Waals surface area contributed by atoms with Crippen molar-refractivity contribution in [3.05, 3.63) is 30.2 Å². The quantitative estimate of drug-likeness (QED) is 0.750. The maximum Gasteiger partial charge on any atom is 0.270 e. The third kappa shape index (κ3) is 4.40. The zero-order valence-electron chi connectivity index (χ0n) is 15.5. The Kier molecular flexibility index (Phi) is 5.88. The van der Waals surface area contributed by atoms with Crippen molar-refractivity contribution in [3.8, 4) is 0 Å². The van der Waals surface area contributed by atoms with Gasteiger partial charge in [0, 0.05) is 61.8 Å². The number of aromatic nitrogens is 2. The number of aromatic amines is 1. The minimum absolute atomic E-state index is 0.00460. The summed E-state index contributed by atoms with van der Waals surface area (Å²) in [5, 5.41) is 3.92. The van der Waals surface area contributed by atoms with Crippen LogP contribution in [0.15, 0.2) is 24.5 Å². The lowest BCUT2D eigenvalue weighted by Gasteiger charge is -2.39. The first-order chi connectivity index (χ1) is 12.6. The summed E-state index contributed by atoms with van der Waals surface area (Å²) in [7, 11) is 2.03. The summed E-state index contributed by atoms with van der Waals surface area (Å²) in [6, 6.07) is 3.70. The van der Waals surface area contributed by atoms with Crippen LogP contribution in [0.25, 0.3) is 10.9 Å². The van der Waals surface area contributed by atoms with Crippen molar-refractivity contribution < 1.29 is 9.59 Å². The van der Waals surface area contributed by atoms with Gasteiger partial charge in [-0.05, 0) is 32.1 Å². The van der Waals surface area contributed by atoms with Crippen LogP contribution in [-0.2, 0) is 4.79 Å². The first kappa shape index (κ1) is 18.4. The third-order valence-electron chi connectivity index (χ3n) is 4.81. The number of rotatable bonds is 8. The van der Waals surface area contributed by atoms with Crippen LogP contribution in [0.5, 0.6) is 0 Å². The molecule has 0 aliphatic carbocycles. The number of H-pyrrole nitrogens is 1. The minimum atomic E-state index is 0.00460. The molecule has 2 amide bonds. The Balaban J connectivity index is 1.38. The van der Waals surface area contributed by atoms with Crippen molar-refractivity contribution in [1.82, 2.24) is 25.1 Å². The fourth-order valence-electron chi connectivity index (χ4n) is 3.26. The second-order valence-electron chi connectivity index (χ2n) is 7.08. The molecule has 1 fully saturated rings. The van der Waals surface area contributed by atoms with Gasteiger partial charge in [0.1, 0.15) is 5.69 Å². The van der Waals surface area contributed by atoms with Crippen molar-refractivity contribution in [2.24, 2.45) is 5.92 Å². The number of carbonyl (C=O) groups excluding carboxylic acids is 2. The normalized spacial score (nSPS) is 14.7. The molecule has 3 rings (SSSR count). The summed E-state index contributed by atoms with van der Waals surface area (Å²) in [5.74, 6) is 0.424. The van der Waals surface area contributed by atoms with Crippen LogP contribution < -0.4 is 5.32 Å². The molecule has 2 N–H and O–H groups in total. The van der Waals surface area contributed by atoms with Crippen molar-refractivity contribution >= 4 is 22.7 Å². The summed E-state index contributed by atoms with van der Waals surface area (Å²) >= 11 is 0. The van der Waals surface area contributed by atoms with Crippen molar-refractivity contribution in [3.63, 3.8) is 0 Å². The number of likely N-dealkylation sites (tertiary alicyclic amines) is 1. The average Bonchev–Trinajstić information content (AvgIpc) is 3.03. The fourth-order valence-corrected chi connectivity index (χ4v) is 3.26. The van der Waals surface area contributed by atoms with Crippen molar-refractivity contribution in [2.75, 3.05) is 39.8 Å². The van der Waals surface area contributed by atoms with Crippen LogP contribution in [0, 0.1) is 5.92 Å². The Morgan fingerprint density at radius 2 is 2.19 bits per heavy atom. The maximum atomic E-state index is 12.5. The lowest BCUT2D eigenvalue weighted by molar-refractivity contribution is -0.121. The molecule has 26 heavy (non-hydrogen) atoms. The molecule has 2 aromatic rings. The van der Waals surface area contributed by atoms with Crippen LogP contribution >= 0.6 is 0 Å². The van der Waals surface area contributed by atoms with E-state index in [1.165, 1.54) is 0 Å². The molecular formula is C19H27N5O2. The predicted octanol–water partition coefficient (Wildman–Crippen LogP) is 1.48. The Hall–Kier alpha value is -2.41. The van der Waals surface area contributed by atoms with E-state index in [1.807, 2.05) is 24.1 Å². The zero-order valence-corrected chi connectivity index (χ0v) is 15.5. The molecule has 0 unspecified atom stereocenters. The average molecular weight is 357 g/mol. The molecule has 0 atom stereocenters. The predicted molar refractivity (Wildman–Crippen MR) is 101 cm³/mol. The zero-order chi connectivity index (χ0) is 18.5. The van der Waals surface area contributed by atoms with E-state index in [2.05, 4.69) is 27.1 Å². The Bertz CT molecular complexity index is 733. The number of hydrogen-bond donors (Lipinski definition) is 2. The van der Waals surface area contributed by atoms with E-state index >= 15 is 0 Å². The number of amides is 2. The number of nitrogens with zero attached hydrogens (tertiary/aromatic N) is 3. The molecule has 1 saturated heterocycles. The molecule has 140 valence electrons. The Morgan fingerprint density at radius 3 is 2.92 bits per heavy atom.